The van der Waals surface area contributed by atoms with E-state index in [-0.39, 0.29) is 30.1 Å². The van der Waals surface area contributed by atoms with Gasteiger partial charge in [0.1, 0.15) is 0 Å². The fourth-order valence-electron chi connectivity index (χ4n) is 3.65. The van der Waals surface area contributed by atoms with Gasteiger partial charge in [-0.3, -0.25) is 9.59 Å². The molecule has 0 aliphatic carbocycles. The molecular weight excluding hydrogens is 384 g/mol. The lowest BCUT2D eigenvalue weighted by atomic mass is 9.95. The van der Waals surface area contributed by atoms with Crippen LogP contribution in [0.4, 0.5) is 0 Å². The van der Waals surface area contributed by atoms with Crippen LogP contribution in [0, 0.1) is 5.92 Å². The molecule has 2 fully saturated rings. The number of carbonyl (C=O) groups is 2. The first-order valence-corrected chi connectivity index (χ1v) is 10.6. The number of thiophene rings is 1. The summed E-state index contributed by atoms with van der Waals surface area (Å²) in [4.78, 5) is 30.2. The molecule has 0 unspecified atom stereocenters. The summed E-state index contributed by atoms with van der Waals surface area (Å²) in [5, 5.41) is 8.42. The molecule has 8 heteroatoms. The van der Waals surface area contributed by atoms with Crippen molar-refractivity contribution in [2.45, 2.75) is 25.7 Å². The van der Waals surface area contributed by atoms with E-state index >= 15 is 0 Å². The highest BCUT2D eigenvalue weighted by molar-refractivity contribution is 7.09. The van der Waals surface area contributed by atoms with Gasteiger partial charge in [-0.15, -0.1) is 23.7 Å². The van der Waals surface area contributed by atoms with Crippen LogP contribution in [0.3, 0.4) is 0 Å². The van der Waals surface area contributed by atoms with Crippen molar-refractivity contribution in [3.05, 3.63) is 22.4 Å². The molecule has 0 spiro atoms. The minimum absolute atomic E-state index is 0. The second-order valence-corrected chi connectivity index (χ2v) is 8.15. The lowest BCUT2D eigenvalue weighted by molar-refractivity contribution is -0.132. The van der Waals surface area contributed by atoms with Crippen molar-refractivity contribution in [3.8, 4) is 0 Å². The molecule has 3 rings (SSSR count). The minimum atomic E-state index is 0. The van der Waals surface area contributed by atoms with E-state index in [1.165, 1.54) is 4.88 Å². The maximum absolute atomic E-state index is 12.3. The van der Waals surface area contributed by atoms with Gasteiger partial charge in [0.2, 0.25) is 11.8 Å². The second-order valence-electron chi connectivity index (χ2n) is 7.12. The van der Waals surface area contributed by atoms with Gasteiger partial charge in [0.05, 0.1) is 0 Å². The van der Waals surface area contributed by atoms with Crippen molar-refractivity contribution in [2.75, 3.05) is 52.4 Å². The van der Waals surface area contributed by atoms with Crippen molar-refractivity contribution in [2.24, 2.45) is 5.92 Å². The Hall–Kier alpha value is -1.15. The molecule has 2 saturated heterocycles. The van der Waals surface area contributed by atoms with E-state index < -0.39 is 0 Å². The highest BCUT2D eigenvalue weighted by Crippen LogP contribution is 2.18. The van der Waals surface area contributed by atoms with Crippen LogP contribution in [0.25, 0.3) is 0 Å². The molecule has 3 heterocycles. The summed E-state index contributed by atoms with van der Waals surface area (Å²) < 4.78 is 0. The van der Waals surface area contributed by atoms with Gasteiger partial charge in [-0.2, -0.15) is 0 Å². The molecule has 0 aromatic carbocycles. The summed E-state index contributed by atoms with van der Waals surface area (Å²) in [5.74, 6) is 0.580. The van der Waals surface area contributed by atoms with E-state index in [9.17, 15) is 9.59 Å². The number of nitrogens with zero attached hydrogens (tertiary/aromatic N) is 2. The van der Waals surface area contributed by atoms with Gasteiger partial charge >= 0.3 is 0 Å². The highest BCUT2D eigenvalue weighted by atomic mass is 35.5. The zero-order valence-electron chi connectivity index (χ0n) is 15.8. The van der Waals surface area contributed by atoms with Gasteiger partial charge in [0, 0.05) is 56.5 Å². The third-order valence-electron chi connectivity index (χ3n) is 5.32. The van der Waals surface area contributed by atoms with Gasteiger partial charge < -0.3 is 20.4 Å². The van der Waals surface area contributed by atoms with Gasteiger partial charge in [-0.25, -0.2) is 0 Å². The van der Waals surface area contributed by atoms with Gasteiger partial charge in [-0.1, -0.05) is 6.07 Å². The van der Waals surface area contributed by atoms with Crippen molar-refractivity contribution >= 4 is 35.6 Å². The molecule has 6 nitrogen and oxygen atoms in total. The van der Waals surface area contributed by atoms with Gasteiger partial charge in [0.15, 0.2) is 0 Å². The SMILES string of the molecule is Cl.O=C(NCCc1cccs1)C1CCN(CCC(=O)N2CCNCC2)CC1. The molecule has 0 atom stereocenters. The molecular formula is C19H31ClN4O2S. The summed E-state index contributed by atoms with van der Waals surface area (Å²) in [6.07, 6.45) is 3.30. The van der Waals surface area contributed by atoms with Gasteiger partial charge in [-0.05, 0) is 43.8 Å². The predicted octanol–water partition coefficient (Wildman–Crippen LogP) is 1.36. The summed E-state index contributed by atoms with van der Waals surface area (Å²) in [5.41, 5.74) is 0. The third kappa shape index (κ3) is 7.07. The second kappa shape index (κ2) is 11.6. The maximum atomic E-state index is 12.3. The van der Waals surface area contributed by atoms with Crippen molar-refractivity contribution in [1.82, 2.24) is 20.4 Å². The Kier molecular flexibility index (Phi) is 9.54. The average Bonchev–Trinajstić information content (AvgIpc) is 3.20. The Morgan fingerprint density at radius 2 is 1.93 bits per heavy atom. The van der Waals surface area contributed by atoms with Crippen LogP contribution in [0.5, 0.6) is 0 Å². The number of halogens is 1. The zero-order valence-corrected chi connectivity index (χ0v) is 17.5. The molecule has 1 aromatic rings. The monoisotopic (exact) mass is 414 g/mol. The van der Waals surface area contributed by atoms with Crippen LogP contribution in [0.1, 0.15) is 24.1 Å². The topological polar surface area (TPSA) is 64.7 Å². The molecule has 0 radical (unpaired) electrons. The first-order valence-electron chi connectivity index (χ1n) is 9.73. The quantitative estimate of drug-likeness (QED) is 0.707. The van der Waals surface area contributed by atoms with Crippen LogP contribution in [-0.4, -0.2) is 74.0 Å². The van der Waals surface area contributed by atoms with Crippen LogP contribution in [0.15, 0.2) is 17.5 Å². The number of amides is 2. The first kappa shape index (κ1) is 22.1. The van der Waals surface area contributed by atoms with Crippen LogP contribution in [-0.2, 0) is 16.0 Å². The maximum Gasteiger partial charge on any atom is 0.223 e. The van der Waals surface area contributed by atoms with E-state index in [1.807, 2.05) is 11.0 Å². The normalized spacial score (nSPS) is 18.7. The number of hydrogen-bond donors (Lipinski definition) is 2. The first-order chi connectivity index (χ1) is 12.7. The van der Waals surface area contributed by atoms with E-state index in [2.05, 4.69) is 27.0 Å². The molecule has 27 heavy (non-hydrogen) atoms. The van der Waals surface area contributed by atoms with E-state index in [1.54, 1.807) is 11.3 Å². The Morgan fingerprint density at radius 1 is 1.19 bits per heavy atom. The number of hydrogen-bond acceptors (Lipinski definition) is 5. The third-order valence-corrected chi connectivity index (χ3v) is 6.26. The number of carbonyl (C=O) groups excluding carboxylic acids is 2. The molecule has 0 bridgehead atoms. The standard InChI is InChI=1S/C19H30N4O2S.ClH/c24-18(23-13-8-20-9-14-23)6-12-22-10-4-16(5-11-22)19(25)21-7-3-17-2-1-15-26-17;/h1-2,15-16,20H,3-14H2,(H,21,25);1H. The number of likely N-dealkylation sites (tertiary alicyclic amines) is 1. The van der Waals surface area contributed by atoms with E-state index in [0.29, 0.717) is 6.42 Å². The highest BCUT2D eigenvalue weighted by Gasteiger charge is 2.25. The predicted molar refractivity (Wildman–Crippen MR) is 112 cm³/mol. The molecule has 2 aliphatic rings. The molecule has 2 aliphatic heterocycles. The van der Waals surface area contributed by atoms with E-state index in [0.717, 1.165) is 71.6 Å². The lowest BCUT2D eigenvalue weighted by Crippen LogP contribution is -2.47. The zero-order chi connectivity index (χ0) is 18.2. The summed E-state index contributed by atoms with van der Waals surface area (Å²) in [6, 6.07) is 4.15. The Morgan fingerprint density at radius 3 is 2.59 bits per heavy atom. The number of piperazine rings is 1. The number of nitrogens with one attached hydrogen (secondary N) is 2. The number of piperidine rings is 1. The molecule has 2 N–H and O–H groups in total. The average molecular weight is 415 g/mol. The van der Waals surface area contributed by atoms with E-state index in [4.69, 9.17) is 0 Å². The summed E-state index contributed by atoms with van der Waals surface area (Å²) in [6.45, 7) is 6.82. The molecule has 1 aromatic heterocycles. The number of rotatable bonds is 7. The van der Waals surface area contributed by atoms with Gasteiger partial charge in [0.25, 0.3) is 0 Å². The molecule has 2 amide bonds. The Balaban J connectivity index is 0.00000261. The van der Waals surface area contributed by atoms with Crippen molar-refractivity contribution in [3.63, 3.8) is 0 Å². The van der Waals surface area contributed by atoms with Crippen LogP contribution < -0.4 is 10.6 Å². The molecule has 0 saturated carbocycles. The summed E-state index contributed by atoms with van der Waals surface area (Å²) >= 11 is 1.74. The van der Waals surface area contributed by atoms with Crippen LogP contribution in [0.2, 0.25) is 0 Å². The fraction of sp³-hybridized carbons (Fsp3) is 0.684. The van der Waals surface area contributed by atoms with Crippen LogP contribution >= 0.6 is 23.7 Å². The van der Waals surface area contributed by atoms with Crippen molar-refractivity contribution in [1.29, 1.82) is 0 Å². The summed E-state index contributed by atoms with van der Waals surface area (Å²) in [7, 11) is 0. The Labute approximate surface area is 172 Å². The molecule has 152 valence electrons. The smallest absolute Gasteiger partial charge is 0.223 e. The fourth-order valence-corrected chi connectivity index (χ4v) is 4.36. The Bertz CT molecular complexity index is 570. The minimum Gasteiger partial charge on any atom is -0.355 e. The largest absolute Gasteiger partial charge is 0.355 e. The van der Waals surface area contributed by atoms with Crippen molar-refractivity contribution < 1.29 is 9.59 Å². The lowest BCUT2D eigenvalue weighted by Gasteiger charge is -2.32.